The van der Waals surface area contributed by atoms with E-state index < -0.39 is 5.97 Å². The lowest BCUT2D eigenvalue weighted by atomic mass is 10.1. The van der Waals surface area contributed by atoms with Crippen molar-refractivity contribution in [2.75, 3.05) is 13.2 Å². The third-order valence-corrected chi connectivity index (χ3v) is 3.68. The SMILES string of the molecule is CCCCOc1ccc(/C=C2\N=C(c3ccco3)OC2=O)cc1OCC. The summed E-state index contributed by atoms with van der Waals surface area (Å²) in [6.45, 7) is 5.18. The zero-order chi connectivity index (χ0) is 18.4. The fourth-order valence-corrected chi connectivity index (χ4v) is 2.40. The summed E-state index contributed by atoms with van der Waals surface area (Å²) in [5.74, 6) is 1.39. The number of hydrogen-bond acceptors (Lipinski definition) is 6. The fourth-order valence-electron chi connectivity index (χ4n) is 2.40. The molecule has 0 bridgehead atoms. The van der Waals surface area contributed by atoms with Crippen molar-refractivity contribution in [3.63, 3.8) is 0 Å². The molecule has 0 amide bonds. The summed E-state index contributed by atoms with van der Waals surface area (Å²) < 4.78 is 21.8. The van der Waals surface area contributed by atoms with Crippen molar-refractivity contribution in [3.8, 4) is 11.5 Å². The number of rotatable bonds is 8. The van der Waals surface area contributed by atoms with Crippen molar-refractivity contribution < 1.29 is 23.4 Å². The Morgan fingerprint density at radius 1 is 1.15 bits per heavy atom. The van der Waals surface area contributed by atoms with Crippen LogP contribution in [0.25, 0.3) is 6.08 Å². The second-order valence-corrected chi connectivity index (χ2v) is 5.65. The van der Waals surface area contributed by atoms with Crippen molar-refractivity contribution in [3.05, 3.63) is 53.6 Å². The lowest BCUT2D eigenvalue weighted by molar-refractivity contribution is -0.130. The summed E-state index contributed by atoms with van der Waals surface area (Å²) >= 11 is 0. The molecular weight excluding hydrogens is 334 g/mol. The number of unbranched alkanes of at least 4 members (excludes halogenated alkanes) is 1. The Hall–Kier alpha value is -3.02. The van der Waals surface area contributed by atoms with E-state index in [1.165, 1.54) is 6.26 Å². The highest BCUT2D eigenvalue weighted by atomic mass is 16.6. The number of furan rings is 1. The standard InChI is InChI=1S/C20H21NO5/c1-3-5-10-24-16-9-8-14(13-18(16)23-4-2)12-15-20(22)26-19(21-15)17-7-6-11-25-17/h6-9,11-13H,3-5,10H2,1-2H3/b15-12-. The molecule has 1 aliphatic heterocycles. The molecule has 136 valence electrons. The minimum Gasteiger partial charge on any atom is -0.490 e. The lowest BCUT2D eigenvalue weighted by Crippen LogP contribution is -2.04. The van der Waals surface area contributed by atoms with Gasteiger partial charge in [-0.15, -0.1) is 0 Å². The van der Waals surface area contributed by atoms with E-state index in [-0.39, 0.29) is 11.6 Å². The van der Waals surface area contributed by atoms with Crippen molar-refractivity contribution in [2.45, 2.75) is 26.7 Å². The zero-order valence-corrected chi connectivity index (χ0v) is 14.9. The summed E-state index contributed by atoms with van der Waals surface area (Å²) in [5, 5.41) is 0. The smallest absolute Gasteiger partial charge is 0.363 e. The molecule has 0 aliphatic carbocycles. The molecule has 3 rings (SSSR count). The number of carbonyl (C=O) groups is 1. The molecule has 2 aromatic rings. The van der Waals surface area contributed by atoms with Gasteiger partial charge in [-0.05, 0) is 49.2 Å². The number of hydrogen-bond donors (Lipinski definition) is 0. The molecule has 0 spiro atoms. The molecule has 0 N–H and O–H groups in total. The summed E-state index contributed by atoms with van der Waals surface area (Å²) in [4.78, 5) is 16.2. The highest BCUT2D eigenvalue weighted by Crippen LogP contribution is 2.30. The minimum atomic E-state index is -0.516. The van der Waals surface area contributed by atoms with Gasteiger partial charge in [0.2, 0.25) is 0 Å². The van der Waals surface area contributed by atoms with Crippen LogP contribution in [-0.4, -0.2) is 25.1 Å². The first-order valence-corrected chi connectivity index (χ1v) is 8.67. The van der Waals surface area contributed by atoms with Crippen LogP contribution in [0.2, 0.25) is 0 Å². The molecular formula is C20H21NO5. The maximum Gasteiger partial charge on any atom is 0.363 e. The number of cyclic esters (lactones) is 1. The maximum absolute atomic E-state index is 12.0. The normalized spacial score (nSPS) is 15.1. The lowest BCUT2D eigenvalue weighted by Gasteiger charge is -2.12. The quantitative estimate of drug-likeness (QED) is 0.403. The van der Waals surface area contributed by atoms with Crippen LogP contribution in [0.4, 0.5) is 0 Å². The maximum atomic E-state index is 12.0. The summed E-state index contributed by atoms with van der Waals surface area (Å²) in [5.41, 5.74) is 0.978. The Kier molecular flexibility index (Phi) is 5.73. The first kappa shape index (κ1) is 17.8. The van der Waals surface area contributed by atoms with E-state index in [1.54, 1.807) is 18.2 Å². The van der Waals surface area contributed by atoms with E-state index in [0.717, 1.165) is 18.4 Å². The van der Waals surface area contributed by atoms with Crippen LogP contribution >= 0.6 is 0 Å². The second kappa shape index (κ2) is 8.38. The van der Waals surface area contributed by atoms with Crippen molar-refractivity contribution in [1.29, 1.82) is 0 Å². The van der Waals surface area contributed by atoms with Crippen LogP contribution < -0.4 is 9.47 Å². The number of nitrogens with zero attached hydrogens (tertiary/aromatic N) is 1. The molecule has 1 aromatic carbocycles. The number of ether oxygens (including phenoxy) is 3. The van der Waals surface area contributed by atoms with Gasteiger partial charge in [-0.1, -0.05) is 19.4 Å². The van der Waals surface area contributed by atoms with Gasteiger partial charge < -0.3 is 18.6 Å². The Balaban J connectivity index is 1.83. The van der Waals surface area contributed by atoms with E-state index in [0.29, 0.717) is 30.5 Å². The van der Waals surface area contributed by atoms with Crippen LogP contribution in [-0.2, 0) is 9.53 Å². The Morgan fingerprint density at radius 3 is 2.77 bits per heavy atom. The molecule has 0 fully saturated rings. The summed E-state index contributed by atoms with van der Waals surface area (Å²) in [6, 6.07) is 8.91. The van der Waals surface area contributed by atoms with Gasteiger partial charge in [0.15, 0.2) is 23.0 Å². The highest BCUT2D eigenvalue weighted by molar-refractivity contribution is 6.11. The molecule has 0 saturated heterocycles. The van der Waals surface area contributed by atoms with Gasteiger partial charge >= 0.3 is 5.97 Å². The Morgan fingerprint density at radius 2 is 2.04 bits per heavy atom. The third kappa shape index (κ3) is 4.14. The van der Waals surface area contributed by atoms with Gasteiger partial charge in [0.25, 0.3) is 5.90 Å². The highest BCUT2D eigenvalue weighted by Gasteiger charge is 2.25. The van der Waals surface area contributed by atoms with E-state index in [2.05, 4.69) is 11.9 Å². The first-order valence-electron chi connectivity index (χ1n) is 8.67. The van der Waals surface area contributed by atoms with Gasteiger partial charge in [-0.25, -0.2) is 9.79 Å². The average molecular weight is 355 g/mol. The predicted molar refractivity (Wildman–Crippen MR) is 97.3 cm³/mol. The number of esters is 1. The monoisotopic (exact) mass is 355 g/mol. The first-order chi connectivity index (χ1) is 12.7. The third-order valence-electron chi connectivity index (χ3n) is 3.68. The minimum absolute atomic E-state index is 0.163. The molecule has 6 nitrogen and oxygen atoms in total. The largest absolute Gasteiger partial charge is 0.490 e. The van der Waals surface area contributed by atoms with Crippen LogP contribution in [0.15, 0.2) is 51.7 Å². The fraction of sp³-hybridized carbons (Fsp3) is 0.300. The Bertz CT molecular complexity index is 821. The molecule has 1 aliphatic rings. The number of benzene rings is 1. The van der Waals surface area contributed by atoms with Crippen molar-refractivity contribution in [1.82, 2.24) is 0 Å². The number of aliphatic imine (C=N–C) groups is 1. The van der Waals surface area contributed by atoms with Gasteiger partial charge in [0.05, 0.1) is 19.5 Å². The van der Waals surface area contributed by atoms with E-state index in [4.69, 9.17) is 18.6 Å². The topological polar surface area (TPSA) is 70.3 Å². The molecule has 0 atom stereocenters. The van der Waals surface area contributed by atoms with Gasteiger partial charge in [0.1, 0.15) is 0 Å². The van der Waals surface area contributed by atoms with Gasteiger partial charge in [0, 0.05) is 0 Å². The second-order valence-electron chi connectivity index (χ2n) is 5.65. The molecule has 26 heavy (non-hydrogen) atoms. The van der Waals surface area contributed by atoms with E-state index >= 15 is 0 Å². The van der Waals surface area contributed by atoms with Crippen molar-refractivity contribution >= 4 is 17.9 Å². The number of carbonyl (C=O) groups excluding carboxylic acids is 1. The molecule has 6 heteroatoms. The Labute approximate surface area is 152 Å². The van der Waals surface area contributed by atoms with Crippen LogP contribution in [0, 0.1) is 0 Å². The van der Waals surface area contributed by atoms with Gasteiger partial charge in [-0.2, -0.15) is 0 Å². The van der Waals surface area contributed by atoms with Crippen LogP contribution in [0.1, 0.15) is 38.0 Å². The molecule has 0 saturated carbocycles. The summed E-state index contributed by atoms with van der Waals surface area (Å²) in [6.07, 6.45) is 5.19. The van der Waals surface area contributed by atoms with Crippen LogP contribution in [0.5, 0.6) is 11.5 Å². The van der Waals surface area contributed by atoms with E-state index in [9.17, 15) is 4.79 Å². The van der Waals surface area contributed by atoms with E-state index in [1.807, 2.05) is 25.1 Å². The van der Waals surface area contributed by atoms with Crippen molar-refractivity contribution in [2.24, 2.45) is 4.99 Å². The molecule has 0 unspecified atom stereocenters. The summed E-state index contributed by atoms with van der Waals surface area (Å²) in [7, 11) is 0. The molecule has 1 aromatic heterocycles. The molecule has 2 heterocycles. The predicted octanol–water partition coefficient (Wildman–Crippen LogP) is 4.20. The van der Waals surface area contributed by atoms with Crippen LogP contribution in [0.3, 0.4) is 0 Å². The average Bonchev–Trinajstić information content (AvgIpc) is 3.28. The zero-order valence-electron chi connectivity index (χ0n) is 14.9. The molecule has 0 radical (unpaired) electrons. The van der Waals surface area contributed by atoms with Gasteiger partial charge in [-0.3, -0.25) is 0 Å².